The van der Waals surface area contributed by atoms with Crippen LogP contribution in [0.25, 0.3) is 10.1 Å². The summed E-state index contributed by atoms with van der Waals surface area (Å²) in [4.78, 5) is 24.8. The van der Waals surface area contributed by atoms with Crippen molar-refractivity contribution < 1.29 is 23.8 Å². The molecule has 6 nitrogen and oxygen atoms in total. The minimum Gasteiger partial charge on any atom is -0.493 e. The summed E-state index contributed by atoms with van der Waals surface area (Å²) in [5, 5.41) is 3.88. The van der Waals surface area contributed by atoms with Gasteiger partial charge in [0, 0.05) is 15.8 Å². The summed E-state index contributed by atoms with van der Waals surface area (Å²) >= 11 is 7.45. The van der Waals surface area contributed by atoms with E-state index < -0.39 is 5.97 Å². The average molecular weight is 406 g/mol. The van der Waals surface area contributed by atoms with Crippen LogP contribution >= 0.6 is 22.9 Å². The van der Waals surface area contributed by atoms with Gasteiger partial charge in [0.15, 0.2) is 11.5 Å². The maximum absolute atomic E-state index is 12.7. The number of anilines is 1. The predicted molar refractivity (Wildman–Crippen MR) is 106 cm³/mol. The van der Waals surface area contributed by atoms with E-state index in [9.17, 15) is 9.59 Å². The number of para-hydroxylation sites is 1. The smallest absolute Gasteiger partial charge is 0.349 e. The van der Waals surface area contributed by atoms with Crippen LogP contribution in [0, 0.1) is 0 Å². The van der Waals surface area contributed by atoms with Crippen LogP contribution in [0.1, 0.15) is 20.0 Å². The molecule has 1 heterocycles. The number of carbonyl (C=O) groups excluding carboxylic acids is 2. The lowest BCUT2D eigenvalue weighted by atomic mass is 10.1. The number of carbonyl (C=O) groups is 2. The highest BCUT2D eigenvalue weighted by Crippen LogP contribution is 2.37. The minimum absolute atomic E-state index is 0.326. The molecule has 0 saturated carbocycles. The third kappa shape index (κ3) is 3.56. The van der Waals surface area contributed by atoms with Gasteiger partial charge in [-0.05, 0) is 30.3 Å². The summed E-state index contributed by atoms with van der Waals surface area (Å²) in [7, 11) is 4.28. The molecular formula is C19H16ClNO5S. The molecule has 140 valence electrons. The third-order valence-corrected chi connectivity index (χ3v) is 5.54. The van der Waals surface area contributed by atoms with Crippen molar-refractivity contribution in [2.75, 3.05) is 26.6 Å². The fraction of sp³-hybridized carbons (Fsp3) is 0.158. The van der Waals surface area contributed by atoms with Gasteiger partial charge < -0.3 is 19.5 Å². The van der Waals surface area contributed by atoms with Gasteiger partial charge in [-0.25, -0.2) is 4.79 Å². The van der Waals surface area contributed by atoms with Crippen molar-refractivity contribution in [3.05, 3.63) is 51.9 Å². The Balaban J connectivity index is 1.93. The van der Waals surface area contributed by atoms with E-state index in [1.54, 1.807) is 36.4 Å². The number of ether oxygens (including phenoxy) is 3. The van der Waals surface area contributed by atoms with Gasteiger partial charge in [0.25, 0.3) is 5.91 Å². The molecule has 3 rings (SSSR count). The van der Waals surface area contributed by atoms with Crippen LogP contribution in [0.3, 0.4) is 0 Å². The summed E-state index contributed by atoms with van der Waals surface area (Å²) in [5.74, 6) is -0.0204. The Hall–Kier alpha value is -2.77. The van der Waals surface area contributed by atoms with Crippen molar-refractivity contribution in [1.29, 1.82) is 0 Å². The Kier molecular flexibility index (Phi) is 5.53. The number of hydrogen-bond acceptors (Lipinski definition) is 6. The second kappa shape index (κ2) is 7.85. The van der Waals surface area contributed by atoms with Gasteiger partial charge in [-0.2, -0.15) is 0 Å². The fourth-order valence-corrected chi connectivity index (χ4v) is 4.10. The molecule has 2 aromatic carbocycles. The molecule has 27 heavy (non-hydrogen) atoms. The van der Waals surface area contributed by atoms with Crippen molar-refractivity contribution in [3.63, 3.8) is 0 Å². The van der Waals surface area contributed by atoms with Crippen molar-refractivity contribution in [2.24, 2.45) is 0 Å². The van der Waals surface area contributed by atoms with Crippen molar-refractivity contribution in [3.8, 4) is 11.5 Å². The van der Waals surface area contributed by atoms with Crippen LogP contribution in [0.15, 0.2) is 36.4 Å². The molecule has 3 aromatic rings. The molecule has 1 aromatic heterocycles. The van der Waals surface area contributed by atoms with E-state index in [1.165, 1.54) is 32.7 Å². The number of hydrogen-bond donors (Lipinski definition) is 1. The number of benzene rings is 2. The van der Waals surface area contributed by atoms with Gasteiger partial charge in [0.05, 0.1) is 31.9 Å². The number of esters is 1. The number of amides is 1. The molecule has 0 fully saturated rings. The van der Waals surface area contributed by atoms with E-state index in [0.717, 1.165) is 10.1 Å². The lowest BCUT2D eigenvalue weighted by Crippen LogP contribution is -2.13. The first kappa shape index (κ1) is 19.0. The average Bonchev–Trinajstić information content (AvgIpc) is 3.02. The lowest BCUT2D eigenvalue weighted by Gasteiger charge is -2.12. The standard InChI is InChI=1S/C19H16ClNO5S/c1-24-13-6-4-5-12(16(13)25-2)18(22)21-10-7-8-11-14(9-10)27-17(15(11)20)19(23)26-3/h4-9H,1-3H3,(H,21,22). The van der Waals surface area contributed by atoms with Crippen LogP contribution in [-0.4, -0.2) is 33.2 Å². The number of halogens is 1. The molecule has 0 atom stereocenters. The summed E-state index contributed by atoms with van der Waals surface area (Å²) in [6.07, 6.45) is 0. The Bertz CT molecular complexity index is 1030. The SMILES string of the molecule is COC(=O)c1sc2cc(NC(=O)c3cccc(OC)c3OC)ccc2c1Cl. The van der Waals surface area contributed by atoms with E-state index in [1.807, 2.05) is 0 Å². The molecule has 8 heteroatoms. The molecule has 0 radical (unpaired) electrons. The van der Waals surface area contributed by atoms with Crippen LogP contribution < -0.4 is 14.8 Å². The van der Waals surface area contributed by atoms with Crippen LogP contribution in [0.2, 0.25) is 5.02 Å². The number of fused-ring (bicyclic) bond motifs is 1. The summed E-state index contributed by atoms with van der Waals surface area (Å²) in [5.41, 5.74) is 0.906. The zero-order chi connectivity index (χ0) is 19.6. The Morgan fingerprint density at radius 1 is 1.07 bits per heavy atom. The lowest BCUT2D eigenvalue weighted by molar-refractivity contribution is 0.0606. The van der Waals surface area contributed by atoms with Gasteiger partial charge in [0.1, 0.15) is 4.88 Å². The topological polar surface area (TPSA) is 73.9 Å². The van der Waals surface area contributed by atoms with Crippen molar-refractivity contribution in [1.82, 2.24) is 0 Å². The quantitative estimate of drug-likeness (QED) is 0.627. The monoisotopic (exact) mass is 405 g/mol. The largest absolute Gasteiger partial charge is 0.493 e. The Morgan fingerprint density at radius 3 is 2.52 bits per heavy atom. The zero-order valence-corrected chi connectivity index (χ0v) is 16.4. The Morgan fingerprint density at radius 2 is 1.85 bits per heavy atom. The maximum atomic E-state index is 12.7. The zero-order valence-electron chi connectivity index (χ0n) is 14.8. The summed E-state index contributed by atoms with van der Waals surface area (Å²) < 4.78 is 16.0. The van der Waals surface area contributed by atoms with Crippen LogP contribution in [0.4, 0.5) is 5.69 Å². The van der Waals surface area contributed by atoms with Gasteiger partial charge in [-0.15, -0.1) is 11.3 Å². The molecule has 0 spiro atoms. The van der Waals surface area contributed by atoms with Gasteiger partial charge in [0.2, 0.25) is 0 Å². The normalized spacial score (nSPS) is 10.5. The third-order valence-electron chi connectivity index (χ3n) is 3.91. The highest BCUT2D eigenvalue weighted by atomic mass is 35.5. The van der Waals surface area contributed by atoms with Crippen LogP contribution in [0.5, 0.6) is 11.5 Å². The highest BCUT2D eigenvalue weighted by molar-refractivity contribution is 7.21. The Labute approximate surface area is 164 Å². The van der Waals surface area contributed by atoms with E-state index in [4.69, 9.17) is 25.8 Å². The molecule has 1 N–H and O–H groups in total. The maximum Gasteiger partial charge on any atom is 0.349 e. The van der Waals surface area contributed by atoms with E-state index >= 15 is 0 Å². The first-order valence-corrected chi connectivity index (χ1v) is 9.02. The molecule has 0 aliphatic carbocycles. The highest BCUT2D eigenvalue weighted by Gasteiger charge is 2.19. The fourth-order valence-electron chi connectivity index (χ4n) is 2.63. The summed E-state index contributed by atoms with van der Waals surface area (Å²) in [6, 6.07) is 10.3. The summed E-state index contributed by atoms with van der Waals surface area (Å²) in [6.45, 7) is 0. The van der Waals surface area contributed by atoms with Crippen LogP contribution in [-0.2, 0) is 4.74 Å². The number of thiophene rings is 1. The first-order valence-electron chi connectivity index (χ1n) is 7.82. The minimum atomic E-state index is -0.493. The molecule has 0 saturated heterocycles. The molecular weight excluding hydrogens is 390 g/mol. The van der Waals surface area contributed by atoms with Gasteiger partial charge in [-0.1, -0.05) is 17.7 Å². The molecule has 1 amide bonds. The van der Waals surface area contributed by atoms with E-state index in [-0.39, 0.29) is 5.91 Å². The predicted octanol–water partition coefficient (Wildman–Crippen LogP) is 4.61. The first-order chi connectivity index (χ1) is 13.0. The molecule has 0 unspecified atom stereocenters. The van der Waals surface area contributed by atoms with Gasteiger partial charge >= 0.3 is 5.97 Å². The number of rotatable bonds is 5. The van der Waals surface area contributed by atoms with Gasteiger partial charge in [-0.3, -0.25) is 4.79 Å². The molecule has 0 aliphatic heterocycles. The van der Waals surface area contributed by atoms with Crippen molar-refractivity contribution in [2.45, 2.75) is 0 Å². The number of methoxy groups -OCH3 is 3. The number of nitrogens with one attached hydrogen (secondary N) is 1. The van der Waals surface area contributed by atoms with E-state index in [2.05, 4.69) is 5.32 Å². The second-order valence-electron chi connectivity index (χ2n) is 5.44. The molecule has 0 aliphatic rings. The molecule has 0 bridgehead atoms. The second-order valence-corrected chi connectivity index (χ2v) is 6.87. The van der Waals surface area contributed by atoms with Crippen molar-refractivity contribution >= 4 is 50.6 Å². The van der Waals surface area contributed by atoms with E-state index in [0.29, 0.717) is 32.6 Å².